The molecule has 3 rings (SSSR count). The minimum atomic E-state index is -3.38. The second kappa shape index (κ2) is 5.51. The minimum Gasteiger partial charge on any atom is -0.223 e. The van der Waals surface area contributed by atoms with Gasteiger partial charge in [-0.2, -0.15) is 0 Å². The first kappa shape index (κ1) is 14.1. The van der Waals surface area contributed by atoms with E-state index < -0.39 is 9.84 Å². The van der Waals surface area contributed by atoms with Crippen molar-refractivity contribution in [2.45, 2.75) is 10.6 Å². The highest BCUT2D eigenvalue weighted by Crippen LogP contribution is 2.24. The summed E-state index contributed by atoms with van der Waals surface area (Å²) in [6.45, 7) is 0. The maximum Gasteiger partial charge on any atom is 0.182 e. The molecule has 0 spiro atoms. The summed E-state index contributed by atoms with van der Waals surface area (Å²) in [6.07, 6.45) is 0. The van der Waals surface area contributed by atoms with Crippen LogP contribution in [0.4, 0.5) is 0 Å². The van der Waals surface area contributed by atoms with Gasteiger partial charge >= 0.3 is 0 Å². The molecule has 0 bridgehead atoms. The molecule has 0 N–H and O–H groups in total. The lowest BCUT2D eigenvalue weighted by atomic mass is 10.1. The Labute approximate surface area is 128 Å². The number of fused-ring (bicyclic) bond motifs is 1. The van der Waals surface area contributed by atoms with Crippen molar-refractivity contribution in [1.29, 1.82) is 0 Å². The van der Waals surface area contributed by atoms with E-state index in [1.165, 1.54) is 0 Å². The van der Waals surface area contributed by atoms with Gasteiger partial charge in [0.15, 0.2) is 9.84 Å². The predicted octanol–water partition coefficient (Wildman–Crippen LogP) is 4.47. The molecule has 0 amide bonds. The number of sulfone groups is 1. The van der Waals surface area contributed by atoms with Gasteiger partial charge in [0.1, 0.15) is 0 Å². The Balaban J connectivity index is 2.03. The van der Waals surface area contributed by atoms with Crippen molar-refractivity contribution in [2.24, 2.45) is 0 Å². The van der Waals surface area contributed by atoms with Gasteiger partial charge in [0.25, 0.3) is 0 Å². The van der Waals surface area contributed by atoms with E-state index in [4.69, 9.17) is 11.6 Å². The van der Waals surface area contributed by atoms with Crippen LogP contribution in [0.2, 0.25) is 5.02 Å². The standard InChI is InChI=1S/C17H13ClO2S/c18-15-8-10-16(11-9-15)21(19,20)12-14-6-3-5-13-4-1-2-7-17(13)14/h1-11H,12H2. The largest absolute Gasteiger partial charge is 0.223 e. The molecule has 0 radical (unpaired) electrons. The van der Waals surface area contributed by atoms with Crippen LogP contribution in [0.5, 0.6) is 0 Å². The first-order chi connectivity index (χ1) is 10.1. The highest BCUT2D eigenvalue weighted by molar-refractivity contribution is 7.90. The predicted molar refractivity (Wildman–Crippen MR) is 86.3 cm³/mol. The van der Waals surface area contributed by atoms with E-state index in [0.29, 0.717) is 9.92 Å². The summed E-state index contributed by atoms with van der Waals surface area (Å²) in [6, 6.07) is 19.8. The second-order valence-corrected chi connectivity index (χ2v) is 7.28. The third-order valence-corrected chi connectivity index (χ3v) is 5.33. The fourth-order valence-corrected chi connectivity index (χ4v) is 3.85. The summed E-state index contributed by atoms with van der Waals surface area (Å²) in [5, 5.41) is 2.54. The van der Waals surface area contributed by atoms with Crippen LogP contribution in [-0.4, -0.2) is 8.42 Å². The van der Waals surface area contributed by atoms with Crippen LogP contribution >= 0.6 is 11.6 Å². The molecule has 0 aliphatic rings. The quantitative estimate of drug-likeness (QED) is 0.714. The highest BCUT2D eigenvalue weighted by Gasteiger charge is 2.16. The summed E-state index contributed by atoms with van der Waals surface area (Å²) < 4.78 is 25.0. The van der Waals surface area contributed by atoms with Crippen molar-refractivity contribution < 1.29 is 8.42 Å². The Morgan fingerprint density at radius 2 is 1.48 bits per heavy atom. The van der Waals surface area contributed by atoms with E-state index >= 15 is 0 Å². The molecule has 0 unspecified atom stereocenters. The average molecular weight is 317 g/mol. The molecule has 106 valence electrons. The molecule has 0 fully saturated rings. The lowest BCUT2D eigenvalue weighted by Gasteiger charge is -2.08. The molecule has 4 heteroatoms. The summed E-state index contributed by atoms with van der Waals surface area (Å²) in [7, 11) is -3.38. The van der Waals surface area contributed by atoms with Gasteiger partial charge in [-0.1, -0.05) is 54.1 Å². The second-order valence-electron chi connectivity index (χ2n) is 4.85. The van der Waals surface area contributed by atoms with Gasteiger partial charge < -0.3 is 0 Å². The molecule has 0 atom stereocenters. The Bertz CT molecular complexity index is 879. The van der Waals surface area contributed by atoms with Crippen molar-refractivity contribution >= 4 is 32.2 Å². The lowest BCUT2D eigenvalue weighted by Crippen LogP contribution is -2.05. The van der Waals surface area contributed by atoms with Crippen LogP contribution < -0.4 is 0 Å². The molecule has 0 heterocycles. The molecule has 0 aliphatic heterocycles. The van der Waals surface area contributed by atoms with Crippen molar-refractivity contribution in [3.05, 3.63) is 77.3 Å². The van der Waals surface area contributed by atoms with Gasteiger partial charge in [-0.05, 0) is 40.6 Å². The monoisotopic (exact) mass is 316 g/mol. The third-order valence-electron chi connectivity index (χ3n) is 3.40. The number of halogens is 1. The van der Waals surface area contributed by atoms with Crippen molar-refractivity contribution in [3.63, 3.8) is 0 Å². The highest BCUT2D eigenvalue weighted by atomic mass is 35.5. The van der Waals surface area contributed by atoms with Crippen LogP contribution in [0.3, 0.4) is 0 Å². The van der Waals surface area contributed by atoms with E-state index in [2.05, 4.69) is 0 Å². The van der Waals surface area contributed by atoms with Crippen LogP contribution in [0.15, 0.2) is 71.6 Å². The molecule has 21 heavy (non-hydrogen) atoms. The molecule has 3 aromatic rings. The zero-order valence-electron chi connectivity index (χ0n) is 11.2. The van der Waals surface area contributed by atoms with Gasteiger partial charge in [-0.15, -0.1) is 0 Å². The number of benzene rings is 3. The summed E-state index contributed by atoms with van der Waals surface area (Å²) >= 11 is 5.81. The molecular formula is C17H13ClO2S. The van der Waals surface area contributed by atoms with Gasteiger partial charge in [-0.25, -0.2) is 8.42 Å². The zero-order valence-corrected chi connectivity index (χ0v) is 12.7. The Kier molecular flexibility index (Phi) is 3.70. The maximum absolute atomic E-state index is 12.5. The molecule has 0 saturated heterocycles. The molecule has 0 aliphatic carbocycles. The van der Waals surface area contributed by atoms with E-state index in [9.17, 15) is 8.42 Å². The van der Waals surface area contributed by atoms with Gasteiger partial charge in [0.05, 0.1) is 10.6 Å². The van der Waals surface area contributed by atoms with Gasteiger partial charge in [0.2, 0.25) is 0 Å². The van der Waals surface area contributed by atoms with E-state index in [-0.39, 0.29) is 5.75 Å². The van der Waals surface area contributed by atoms with Crippen molar-refractivity contribution in [1.82, 2.24) is 0 Å². The topological polar surface area (TPSA) is 34.1 Å². The molecule has 0 saturated carbocycles. The fraction of sp³-hybridized carbons (Fsp3) is 0.0588. The minimum absolute atomic E-state index is 0.0179. The first-order valence-corrected chi connectivity index (χ1v) is 8.54. The SMILES string of the molecule is O=S(=O)(Cc1cccc2ccccc12)c1ccc(Cl)cc1. The van der Waals surface area contributed by atoms with Gasteiger partial charge in [0, 0.05) is 5.02 Å². The van der Waals surface area contributed by atoms with E-state index in [1.807, 2.05) is 42.5 Å². The van der Waals surface area contributed by atoms with Crippen LogP contribution in [-0.2, 0) is 15.6 Å². The molecule has 2 nitrogen and oxygen atoms in total. The van der Waals surface area contributed by atoms with Crippen molar-refractivity contribution in [2.75, 3.05) is 0 Å². The number of rotatable bonds is 3. The fourth-order valence-electron chi connectivity index (χ4n) is 2.35. The van der Waals surface area contributed by atoms with Crippen LogP contribution in [0.1, 0.15) is 5.56 Å². The molecule has 3 aromatic carbocycles. The number of hydrogen-bond acceptors (Lipinski definition) is 2. The first-order valence-electron chi connectivity index (χ1n) is 6.51. The van der Waals surface area contributed by atoms with Crippen LogP contribution in [0.25, 0.3) is 10.8 Å². The summed E-state index contributed by atoms with van der Waals surface area (Å²) in [5.74, 6) is -0.0179. The normalized spacial score (nSPS) is 11.7. The average Bonchev–Trinajstić information content (AvgIpc) is 2.48. The van der Waals surface area contributed by atoms with Crippen molar-refractivity contribution in [3.8, 4) is 0 Å². The Morgan fingerprint density at radius 1 is 0.810 bits per heavy atom. The smallest absolute Gasteiger partial charge is 0.182 e. The third kappa shape index (κ3) is 2.94. The zero-order chi connectivity index (χ0) is 14.9. The molecule has 0 aromatic heterocycles. The summed E-state index contributed by atoms with van der Waals surface area (Å²) in [4.78, 5) is 0.292. The Hall–Kier alpha value is -1.84. The molecular weight excluding hydrogens is 304 g/mol. The number of hydrogen-bond donors (Lipinski definition) is 0. The lowest BCUT2D eigenvalue weighted by molar-refractivity contribution is 0.595. The summed E-state index contributed by atoms with van der Waals surface area (Å²) in [5.41, 5.74) is 0.808. The van der Waals surface area contributed by atoms with Gasteiger partial charge in [-0.3, -0.25) is 0 Å². The maximum atomic E-state index is 12.5. The van der Waals surface area contributed by atoms with E-state index in [1.54, 1.807) is 24.3 Å². The van der Waals surface area contributed by atoms with E-state index in [0.717, 1.165) is 16.3 Å². The Morgan fingerprint density at radius 3 is 2.24 bits per heavy atom. The van der Waals surface area contributed by atoms with Crippen LogP contribution in [0, 0.1) is 0 Å².